The highest BCUT2D eigenvalue weighted by atomic mass is 127. The second kappa shape index (κ2) is 13.8. The summed E-state index contributed by atoms with van der Waals surface area (Å²) in [5.74, 6) is 1.60. The van der Waals surface area contributed by atoms with Crippen molar-refractivity contribution in [3.63, 3.8) is 0 Å². The fraction of sp³-hybridized carbons (Fsp3) is 0.714. The number of rotatable bonds is 11. The second-order valence-electron chi connectivity index (χ2n) is 7.72. The van der Waals surface area contributed by atoms with E-state index in [0.717, 1.165) is 38.4 Å². The van der Waals surface area contributed by atoms with Crippen LogP contribution in [-0.4, -0.2) is 63.7 Å². The number of guanidine groups is 1. The third kappa shape index (κ3) is 9.37. The number of halogens is 1. The maximum Gasteiger partial charge on any atom is 0.243 e. The van der Waals surface area contributed by atoms with E-state index in [1.165, 1.54) is 25.7 Å². The van der Waals surface area contributed by atoms with Gasteiger partial charge in [-0.3, -0.25) is 4.79 Å². The molecule has 1 aliphatic rings. The van der Waals surface area contributed by atoms with E-state index in [1.54, 1.807) is 25.3 Å². The lowest BCUT2D eigenvalue weighted by molar-refractivity contribution is -0.127. The Labute approximate surface area is 192 Å². The molecule has 0 unspecified atom stereocenters. The number of nitrogens with one attached hydrogen (secondary N) is 2. The van der Waals surface area contributed by atoms with Gasteiger partial charge in [-0.15, -0.1) is 24.0 Å². The van der Waals surface area contributed by atoms with Crippen LogP contribution in [0.2, 0.25) is 0 Å². The molecule has 1 heterocycles. The molecule has 0 atom stereocenters. The third-order valence-electron chi connectivity index (χ3n) is 5.39. The number of ether oxygens (including phenoxy) is 1. The molecule has 1 aromatic heterocycles. The number of carbonyl (C=O) groups is 1. The molecular weight excluding hydrogens is 483 g/mol. The van der Waals surface area contributed by atoms with Gasteiger partial charge in [0.25, 0.3) is 0 Å². The molecule has 1 fully saturated rings. The lowest BCUT2D eigenvalue weighted by Crippen LogP contribution is -2.44. The van der Waals surface area contributed by atoms with E-state index in [0.29, 0.717) is 12.5 Å². The number of likely N-dealkylation sites (N-methyl/N-ethyl adjacent to an activating group) is 1. The van der Waals surface area contributed by atoms with E-state index in [4.69, 9.17) is 9.15 Å². The zero-order chi connectivity index (χ0) is 20.2. The molecule has 0 aliphatic heterocycles. The topological polar surface area (TPSA) is 79.1 Å². The number of amides is 1. The van der Waals surface area contributed by atoms with E-state index >= 15 is 0 Å². The molecule has 0 saturated heterocycles. The van der Waals surface area contributed by atoms with Gasteiger partial charge in [-0.05, 0) is 43.7 Å². The molecule has 29 heavy (non-hydrogen) atoms. The standard InChI is InChI=1S/C21H36N4O3.HI/c1-4-27-15-12-21(10-5-6-11-21)17-24-20(23-16-19(26)25(2)3)22-13-9-18-8-7-14-28-18;/h7-8,14H,4-6,9-13,15-17H2,1-3H3,(H2,22,23,24);1H. The number of carbonyl (C=O) groups excluding carboxylic acids is 1. The monoisotopic (exact) mass is 520 g/mol. The van der Waals surface area contributed by atoms with Crippen LogP contribution in [-0.2, 0) is 16.0 Å². The van der Waals surface area contributed by atoms with Crippen LogP contribution in [0.25, 0.3) is 0 Å². The minimum Gasteiger partial charge on any atom is -0.469 e. The van der Waals surface area contributed by atoms with Gasteiger partial charge >= 0.3 is 0 Å². The summed E-state index contributed by atoms with van der Waals surface area (Å²) in [4.78, 5) is 18.0. The van der Waals surface area contributed by atoms with Crippen molar-refractivity contribution in [2.45, 2.75) is 45.4 Å². The third-order valence-corrected chi connectivity index (χ3v) is 5.39. The van der Waals surface area contributed by atoms with Gasteiger partial charge in [0.1, 0.15) is 12.3 Å². The molecule has 8 heteroatoms. The first-order valence-corrected chi connectivity index (χ1v) is 10.4. The van der Waals surface area contributed by atoms with Crippen LogP contribution in [0, 0.1) is 5.41 Å². The van der Waals surface area contributed by atoms with Crippen LogP contribution in [0.1, 0.15) is 44.8 Å². The summed E-state index contributed by atoms with van der Waals surface area (Å²) in [6, 6.07) is 3.85. The highest BCUT2D eigenvalue weighted by molar-refractivity contribution is 14.0. The molecule has 0 aromatic carbocycles. The van der Waals surface area contributed by atoms with Crippen molar-refractivity contribution < 1.29 is 13.9 Å². The summed E-state index contributed by atoms with van der Waals surface area (Å²) in [6.07, 6.45) is 8.47. The fourth-order valence-electron chi connectivity index (χ4n) is 3.57. The molecule has 166 valence electrons. The van der Waals surface area contributed by atoms with Gasteiger partial charge in [0.05, 0.1) is 6.26 Å². The predicted molar refractivity (Wildman–Crippen MR) is 127 cm³/mol. The van der Waals surface area contributed by atoms with Crippen LogP contribution in [0.3, 0.4) is 0 Å². The van der Waals surface area contributed by atoms with Crippen molar-refractivity contribution in [3.05, 3.63) is 24.2 Å². The van der Waals surface area contributed by atoms with Crippen molar-refractivity contribution >= 4 is 35.8 Å². The number of hydrogen-bond donors (Lipinski definition) is 2. The number of furan rings is 1. The average molecular weight is 520 g/mol. The average Bonchev–Trinajstić information content (AvgIpc) is 3.36. The first kappa shape index (κ1) is 25.7. The number of aliphatic imine (C=N–C) groups is 1. The Bertz CT molecular complexity index is 599. The summed E-state index contributed by atoms with van der Waals surface area (Å²) >= 11 is 0. The van der Waals surface area contributed by atoms with Crippen molar-refractivity contribution in [3.8, 4) is 0 Å². The molecule has 0 radical (unpaired) electrons. The minimum absolute atomic E-state index is 0. The zero-order valence-electron chi connectivity index (χ0n) is 18.0. The molecular formula is C21H37IN4O3. The van der Waals surface area contributed by atoms with Gasteiger partial charge in [-0.2, -0.15) is 0 Å². The molecule has 2 rings (SSSR count). The highest BCUT2D eigenvalue weighted by Gasteiger charge is 2.33. The van der Waals surface area contributed by atoms with Gasteiger partial charge in [0, 0.05) is 46.8 Å². The maximum absolute atomic E-state index is 11.9. The van der Waals surface area contributed by atoms with E-state index in [1.807, 2.05) is 19.1 Å². The summed E-state index contributed by atoms with van der Waals surface area (Å²) < 4.78 is 11.0. The van der Waals surface area contributed by atoms with Crippen LogP contribution >= 0.6 is 24.0 Å². The molecule has 1 saturated carbocycles. The Hall–Kier alpha value is -1.29. The smallest absolute Gasteiger partial charge is 0.243 e. The molecule has 1 amide bonds. The Morgan fingerprint density at radius 2 is 2.07 bits per heavy atom. The van der Waals surface area contributed by atoms with Crippen LogP contribution < -0.4 is 10.6 Å². The first-order valence-electron chi connectivity index (χ1n) is 10.4. The van der Waals surface area contributed by atoms with Crippen LogP contribution in [0.5, 0.6) is 0 Å². The number of hydrogen-bond acceptors (Lipinski definition) is 4. The molecule has 0 spiro atoms. The van der Waals surface area contributed by atoms with Crippen molar-refractivity contribution in [2.24, 2.45) is 10.4 Å². The zero-order valence-corrected chi connectivity index (χ0v) is 20.4. The SMILES string of the molecule is CCOCCC1(CNC(=NCC(=O)N(C)C)NCCc2ccco2)CCCC1.I. The summed E-state index contributed by atoms with van der Waals surface area (Å²) in [7, 11) is 3.49. The molecule has 1 aliphatic carbocycles. The van der Waals surface area contributed by atoms with Gasteiger partial charge in [0.15, 0.2) is 5.96 Å². The highest BCUT2D eigenvalue weighted by Crippen LogP contribution is 2.40. The van der Waals surface area contributed by atoms with Crippen molar-refractivity contribution in [1.29, 1.82) is 0 Å². The fourth-order valence-corrected chi connectivity index (χ4v) is 3.57. The molecule has 7 nitrogen and oxygen atoms in total. The number of nitrogens with zero attached hydrogens (tertiary/aromatic N) is 2. The van der Waals surface area contributed by atoms with Gasteiger partial charge in [-0.25, -0.2) is 4.99 Å². The van der Waals surface area contributed by atoms with E-state index in [-0.39, 0.29) is 41.8 Å². The first-order chi connectivity index (χ1) is 13.5. The summed E-state index contributed by atoms with van der Waals surface area (Å²) in [5, 5.41) is 6.82. The molecule has 2 N–H and O–H groups in total. The van der Waals surface area contributed by atoms with Gasteiger partial charge in [0.2, 0.25) is 5.91 Å². The summed E-state index contributed by atoms with van der Waals surface area (Å²) in [6.45, 7) is 5.28. The Kier molecular flexibility index (Phi) is 12.3. The predicted octanol–water partition coefficient (Wildman–Crippen LogP) is 3.05. The maximum atomic E-state index is 11.9. The van der Waals surface area contributed by atoms with Crippen molar-refractivity contribution in [1.82, 2.24) is 15.5 Å². The van der Waals surface area contributed by atoms with Gasteiger partial charge < -0.3 is 24.7 Å². The van der Waals surface area contributed by atoms with Gasteiger partial charge in [-0.1, -0.05) is 12.8 Å². The second-order valence-corrected chi connectivity index (χ2v) is 7.72. The normalized spacial score (nSPS) is 15.6. The quantitative estimate of drug-likeness (QED) is 0.203. The molecule has 1 aromatic rings. The van der Waals surface area contributed by atoms with E-state index in [2.05, 4.69) is 15.6 Å². The Morgan fingerprint density at radius 3 is 2.69 bits per heavy atom. The molecule has 0 bridgehead atoms. The van der Waals surface area contributed by atoms with Crippen LogP contribution in [0.15, 0.2) is 27.8 Å². The van der Waals surface area contributed by atoms with E-state index < -0.39 is 0 Å². The van der Waals surface area contributed by atoms with Crippen molar-refractivity contribution in [2.75, 3.05) is 46.9 Å². The minimum atomic E-state index is -0.0148. The lowest BCUT2D eigenvalue weighted by Gasteiger charge is -2.30. The lowest BCUT2D eigenvalue weighted by atomic mass is 9.83. The largest absolute Gasteiger partial charge is 0.469 e. The Balaban J connectivity index is 0.00000420. The summed E-state index contributed by atoms with van der Waals surface area (Å²) in [5.41, 5.74) is 0.254. The Morgan fingerprint density at radius 1 is 1.31 bits per heavy atom. The van der Waals surface area contributed by atoms with Crippen LogP contribution in [0.4, 0.5) is 0 Å². The van der Waals surface area contributed by atoms with E-state index in [9.17, 15) is 4.79 Å².